The lowest BCUT2D eigenvalue weighted by atomic mass is 10.1. The van der Waals surface area contributed by atoms with E-state index in [4.69, 9.17) is 18.9 Å². The number of nitrogens with zero attached hydrogens (tertiary/aromatic N) is 2. The number of allylic oxidation sites excluding steroid dienone is 1. The van der Waals surface area contributed by atoms with Crippen LogP contribution in [0.25, 0.3) is 0 Å². The number of ether oxygens (including phenoxy) is 4. The van der Waals surface area contributed by atoms with Crippen LogP contribution in [-0.4, -0.2) is 59.8 Å². The Kier molecular flexibility index (Phi) is 6.58. The topological polar surface area (TPSA) is 116 Å². The molecule has 0 fully saturated rings. The summed E-state index contributed by atoms with van der Waals surface area (Å²) in [6.45, 7) is 0. The number of hydrogen-bond acceptors (Lipinski definition) is 7. The van der Waals surface area contributed by atoms with Crippen molar-refractivity contribution < 1.29 is 32.2 Å². The Balaban J connectivity index is 2.02. The minimum absolute atomic E-state index is 0.0383. The van der Waals surface area contributed by atoms with E-state index in [2.05, 4.69) is 9.71 Å². The molecule has 0 saturated heterocycles. The molecule has 1 amide bonds. The van der Waals surface area contributed by atoms with Crippen molar-refractivity contribution in [3.05, 3.63) is 53.7 Å². The van der Waals surface area contributed by atoms with Gasteiger partial charge in [0, 0.05) is 24.4 Å². The summed E-state index contributed by atoms with van der Waals surface area (Å²) in [7, 11) is 2.98. The van der Waals surface area contributed by atoms with E-state index >= 15 is 0 Å². The number of hydrogen-bond donors (Lipinski definition) is 1. The van der Waals surface area contributed by atoms with Crippen LogP contribution in [0.5, 0.6) is 23.0 Å². The van der Waals surface area contributed by atoms with E-state index < -0.39 is 16.1 Å². The fourth-order valence-corrected chi connectivity index (χ4v) is 3.92. The van der Waals surface area contributed by atoms with Gasteiger partial charge in [0.1, 0.15) is 17.2 Å². The standard InChI is InChI=1S/C21H23N3O7S/c1-24-17(21(25)22-13-6-8-19(30-4)20(10-13)31-5)12-16(23-32(24,26)27)15-11-14(28-2)7-9-18(15)29-3/h6-12H,1-5H3,(H,22,25). The summed E-state index contributed by atoms with van der Waals surface area (Å²) in [4.78, 5) is 13.0. The summed E-state index contributed by atoms with van der Waals surface area (Å²) in [5, 5.41) is 2.67. The van der Waals surface area contributed by atoms with E-state index in [1.54, 1.807) is 36.4 Å². The third-order valence-corrected chi connectivity index (χ3v) is 6.05. The van der Waals surface area contributed by atoms with Crippen LogP contribution < -0.4 is 24.3 Å². The Bertz CT molecular complexity index is 1210. The summed E-state index contributed by atoms with van der Waals surface area (Å²) in [5.41, 5.74) is 0.660. The molecule has 1 aliphatic rings. The minimum Gasteiger partial charge on any atom is -0.497 e. The van der Waals surface area contributed by atoms with Gasteiger partial charge in [0.05, 0.1) is 34.2 Å². The van der Waals surface area contributed by atoms with Gasteiger partial charge in [-0.15, -0.1) is 4.40 Å². The van der Waals surface area contributed by atoms with Crippen LogP contribution >= 0.6 is 0 Å². The largest absolute Gasteiger partial charge is 0.497 e. The molecule has 11 heteroatoms. The Morgan fingerprint density at radius 1 is 0.906 bits per heavy atom. The molecule has 3 rings (SSSR count). The van der Waals surface area contributed by atoms with Crippen LogP contribution in [0.3, 0.4) is 0 Å². The highest BCUT2D eigenvalue weighted by Gasteiger charge is 2.31. The zero-order valence-electron chi connectivity index (χ0n) is 18.2. The van der Waals surface area contributed by atoms with Gasteiger partial charge in [-0.3, -0.25) is 4.79 Å². The second-order valence-corrected chi connectivity index (χ2v) is 8.17. The van der Waals surface area contributed by atoms with Crippen LogP contribution in [0.1, 0.15) is 5.56 Å². The first-order chi connectivity index (χ1) is 15.2. The monoisotopic (exact) mass is 461 g/mol. The average molecular weight is 461 g/mol. The van der Waals surface area contributed by atoms with Crippen molar-refractivity contribution in [2.45, 2.75) is 0 Å². The van der Waals surface area contributed by atoms with Crippen molar-refractivity contribution in [1.82, 2.24) is 4.31 Å². The van der Waals surface area contributed by atoms with Gasteiger partial charge in [-0.1, -0.05) is 0 Å². The maximum absolute atomic E-state index is 13.0. The molecule has 2 aromatic carbocycles. The third kappa shape index (κ3) is 4.47. The first-order valence-electron chi connectivity index (χ1n) is 9.30. The summed E-state index contributed by atoms with van der Waals surface area (Å²) < 4.78 is 51.0. The molecular weight excluding hydrogens is 438 g/mol. The maximum atomic E-state index is 13.0. The quantitative estimate of drug-likeness (QED) is 0.672. The van der Waals surface area contributed by atoms with Crippen LogP contribution in [0.4, 0.5) is 5.69 Å². The molecule has 170 valence electrons. The Labute approximate surface area is 186 Å². The second kappa shape index (κ2) is 9.18. The van der Waals surface area contributed by atoms with Crippen molar-refractivity contribution in [3.8, 4) is 23.0 Å². The molecule has 0 spiro atoms. The van der Waals surface area contributed by atoms with E-state index in [-0.39, 0.29) is 11.4 Å². The SMILES string of the molecule is COc1ccc(OC)c(C2=NS(=O)(=O)N(C)C(C(=O)Nc3ccc(OC)c(OC)c3)=C2)c1. The van der Waals surface area contributed by atoms with Gasteiger partial charge in [0.25, 0.3) is 5.91 Å². The molecule has 2 aromatic rings. The highest BCUT2D eigenvalue weighted by molar-refractivity contribution is 7.88. The first-order valence-corrected chi connectivity index (χ1v) is 10.7. The molecule has 1 aliphatic heterocycles. The molecule has 0 saturated carbocycles. The number of rotatable bonds is 7. The Hall–Kier alpha value is -3.73. The second-order valence-electron chi connectivity index (χ2n) is 6.54. The van der Waals surface area contributed by atoms with Gasteiger partial charge in [-0.2, -0.15) is 8.42 Å². The zero-order chi connectivity index (χ0) is 23.5. The van der Waals surface area contributed by atoms with Gasteiger partial charge in [0.15, 0.2) is 11.5 Å². The lowest BCUT2D eigenvalue weighted by Crippen LogP contribution is -2.35. The lowest BCUT2D eigenvalue weighted by Gasteiger charge is -2.24. The number of amides is 1. The van der Waals surface area contributed by atoms with Crippen LogP contribution in [-0.2, 0) is 15.0 Å². The highest BCUT2D eigenvalue weighted by atomic mass is 32.2. The minimum atomic E-state index is -4.16. The fraction of sp³-hybridized carbons (Fsp3) is 0.238. The van der Waals surface area contributed by atoms with Crippen molar-refractivity contribution in [2.24, 2.45) is 4.40 Å². The number of carbonyl (C=O) groups is 1. The maximum Gasteiger partial charge on any atom is 0.345 e. The van der Waals surface area contributed by atoms with Gasteiger partial charge >= 0.3 is 10.2 Å². The summed E-state index contributed by atoms with van der Waals surface area (Å²) in [6.07, 6.45) is 1.37. The zero-order valence-corrected chi connectivity index (χ0v) is 19.0. The Morgan fingerprint density at radius 3 is 2.19 bits per heavy atom. The highest BCUT2D eigenvalue weighted by Crippen LogP contribution is 2.31. The first kappa shape index (κ1) is 22.9. The summed E-state index contributed by atoms with van der Waals surface area (Å²) in [6, 6.07) is 9.67. The third-order valence-electron chi connectivity index (χ3n) is 4.73. The molecule has 0 aliphatic carbocycles. The number of likely N-dealkylation sites (N-methyl/N-ethyl adjacent to an activating group) is 1. The normalized spacial score (nSPS) is 14.7. The van der Waals surface area contributed by atoms with E-state index in [9.17, 15) is 13.2 Å². The van der Waals surface area contributed by atoms with E-state index in [1.165, 1.54) is 41.6 Å². The van der Waals surface area contributed by atoms with Crippen molar-refractivity contribution in [3.63, 3.8) is 0 Å². The molecule has 1 heterocycles. The molecule has 1 N–H and O–H groups in total. The van der Waals surface area contributed by atoms with Crippen molar-refractivity contribution in [1.29, 1.82) is 0 Å². The molecule has 0 bridgehead atoms. The molecule has 0 aromatic heterocycles. The van der Waals surface area contributed by atoms with Crippen LogP contribution in [0.2, 0.25) is 0 Å². The van der Waals surface area contributed by atoms with Gasteiger partial charge < -0.3 is 24.3 Å². The molecule has 10 nitrogen and oxygen atoms in total. The van der Waals surface area contributed by atoms with E-state index in [0.29, 0.717) is 34.2 Å². The van der Waals surface area contributed by atoms with E-state index in [0.717, 1.165) is 4.31 Å². The average Bonchev–Trinajstić information content (AvgIpc) is 2.79. The van der Waals surface area contributed by atoms with Crippen LogP contribution in [0, 0.1) is 0 Å². The summed E-state index contributed by atoms with van der Waals surface area (Å²) >= 11 is 0. The predicted octanol–water partition coefficient (Wildman–Crippen LogP) is 2.22. The number of nitrogens with one attached hydrogen (secondary N) is 1. The van der Waals surface area contributed by atoms with Crippen molar-refractivity contribution >= 4 is 27.5 Å². The van der Waals surface area contributed by atoms with Crippen LogP contribution in [0.15, 0.2) is 52.6 Å². The molecule has 32 heavy (non-hydrogen) atoms. The van der Waals surface area contributed by atoms with E-state index in [1.807, 2.05) is 0 Å². The number of anilines is 1. The van der Waals surface area contributed by atoms with Gasteiger partial charge in [-0.25, -0.2) is 4.31 Å². The molecular formula is C21H23N3O7S. The Morgan fingerprint density at radius 2 is 1.56 bits per heavy atom. The summed E-state index contributed by atoms with van der Waals surface area (Å²) in [5.74, 6) is 1.09. The predicted molar refractivity (Wildman–Crippen MR) is 119 cm³/mol. The number of carbonyl (C=O) groups excluding carboxylic acids is 1. The molecule has 0 atom stereocenters. The fourth-order valence-electron chi connectivity index (χ4n) is 3.02. The lowest BCUT2D eigenvalue weighted by molar-refractivity contribution is -0.113. The number of methoxy groups -OCH3 is 4. The van der Waals surface area contributed by atoms with Gasteiger partial charge in [-0.05, 0) is 36.4 Å². The van der Waals surface area contributed by atoms with Gasteiger partial charge in [0.2, 0.25) is 0 Å². The smallest absolute Gasteiger partial charge is 0.345 e. The molecule has 0 unspecified atom stereocenters. The molecule has 0 radical (unpaired) electrons. The number of benzene rings is 2. The van der Waals surface area contributed by atoms with Crippen molar-refractivity contribution in [2.75, 3.05) is 40.8 Å².